The summed E-state index contributed by atoms with van der Waals surface area (Å²) in [7, 11) is 1.72. The summed E-state index contributed by atoms with van der Waals surface area (Å²) in [6.07, 6.45) is 47.6. The van der Waals surface area contributed by atoms with Gasteiger partial charge in [-0.1, -0.05) is 124 Å². The van der Waals surface area contributed by atoms with Crippen molar-refractivity contribution in [1.29, 1.82) is 0 Å². The number of methoxy groups -OCH3 is 1. The number of hydrogen-bond acceptors (Lipinski definition) is 20. The van der Waals surface area contributed by atoms with Crippen LogP contribution in [0.4, 0.5) is 29.1 Å². The first kappa shape index (κ1) is 98.6. The number of aliphatic hydroxyl groups is 1. The largest absolute Gasteiger partial charge is 0.495 e. The molecule has 11 atom stereocenters. The van der Waals surface area contributed by atoms with Crippen molar-refractivity contribution < 1.29 is 33.8 Å². The van der Waals surface area contributed by atoms with Crippen LogP contribution < -0.4 is 31.3 Å². The van der Waals surface area contributed by atoms with Gasteiger partial charge in [0.2, 0.25) is 23.6 Å². The molecule has 15 aliphatic rings. The van der Waals surface area contributed by atoms with E-state index in [-0.39, 0.29) is 29.5 Å². The summed E-state index contributed by atoms with van der Waals surface area (Å²) in [6.45, 7) is 32.1. The first-order valence-corrected chi connectivity index (χ1v) is 54.2. The molecule has 22 nitrogen and oxygen atoms in total. The first-order valence-electron chi connectivity index (χ1n) is 51.6. The van der Waals surface area contributed by atoms with Gasteiger partial charge in [-0.25, -0.2) is 24.9 Å². The van der Waals surface area contributed by atoms with E-state index >= 15 is 0 Å². The number of amides is 5. The summed E-state index contributed by atoms with van der Waals surface area (Å²) >= 11 is 5.44. The van der Waals surface area contributed by atoms with E-state index in [0.29, 0.717) is 59.2 Å². The van der Waals surface area contributed by atoms with Crippen molar-refractivity contribution in [1.82, 2.24) is 49.4 Å². The van der Waals surface area contributed by atoms with Crippen LogP contribution in [0.15, 0.2) is 267 Å². The van der Waals surface area contributed by atoms with E-state index < -0.39 is 5.60 Å². The molecule has 1 saturated carbocycles. The highest BCUT2D eigenvalue weighted by atomic mass is 32.1. The van der Waals surface area contributed by atoms with Crippen molar-refractivity contribution in [2.45, 2.75) is 122 Å². The number of ether oxygens (including phenoxy) is 1. The number of benzene rings is 2. The highest BCUT2D eigenvalue weighted by Gasteiger charge is 2.50. The van der Waals surface area contributed by atoms with Crippen LogP contribution in [0.25, 0.3) is 46.6 Å². The highest BCUT2D eigenvalue weighted by molar-refractivity contribution is 7.13. The predicted octanol–water partition coefficient (Wildman–Crippen LogP) is 22.0. The molecule has 6 fully saturated rings. The number of hydrogen-bond donors (Lipinski definition) is 6. The van der Waals surface area contributed by atoms with Crippen molar-refractivity contribution in [3.05, 3.63) is 359 Å². The van der Waals surface area contributed by atoms with Crippen LogP contribution in [0.2, 0.25) is 0 Å². The maximum absolute atomic E-state index is 12.7. The molecule has 0 spiro atoms. The third-order valence-corrected chi connectivity index (χ3v) is 34.7. The zero-order valence-electron chi connectivity index (χ0n) is 83.7. The van der Waals surface area contributed by atoms with E-state index in [1.165, 1.54) is 69.6 Å². The number of rotatable bonds is 14. The summed E-state index contributed by atoms with van der Waals surface area (Å²) in [6, 6.07) is 39.6. The number of nitrogens with zero attached hydrogens (tertiary/aromatic N) is 10. The minimum atomic E-state index is -0.754. The summed E-state index contributed by atoms with van der Waals surface area (Å²) in [5.74, 6) is 16.2. The number of aryl methyl sites for hydroxylation is 7. The van der Waals surface area contributed by atoms with Gasteiger partial charge in [0.05, 0.1) is 17.6 Å². The van der Waals surface area contributed by atoms with Crippen LogP contribution >= 0.6 is 34.0 Å². The van der Waals surface area contributed by atoms with Crippen LogP contribution in [0.3, 0.4) is 0 Å². The van der Waals surface area contributed by atoms with Crippen molar-refractivity contribution >= 4 is 139 Å². The third kappa shape index (κ3) is 22.8. The van der Waals surface area contributed by atoms with E-state index in [1.807, 2.05) is 132 Å². The molecule has 147 heavy (non-hydrogen) atoms. The minimum Gasteiger partial charge on any atom is -0.495 e. The molecule has 2 aromatic carbocycles. The Morgan fingerprint density at radius 1 is 0.408 bits per heavy atom. The van der Waals surface area contributed by atoms with Gasteiger partial charge in [0, 0.05) is 175 Å². The van der Waals surface area contributed by atoms with Gasteiger partial charge >= 0.3 is 0 Å². The van der Waals surface area contributed by atoms with Gasteiger partial charge in [0.25, 0.3) is 5.91 Å². The number of pyridine rings is 5. The fraction of sp³-hybridized carbons (Fsp3) is 0.328. The molecule has 25 heteroatoms. The molecule has 25 rings (SSSR count). The Balaban J connectivity index is 0.000000108. The second-order valence-corrected chi connectivity index (χ2v) is 45.0. The highest BCUT2D eigenvalue weighted by Crippen LogP contribution is 2.52. The summed E-state index contributed by atoms with van der Waals surface area (Å²) < 4.78 is 5.48. The van der Waals surface area contributed by atoms with Gasteiger partial charge < -0.3 is 60.9 Å². The average molecular weight is 2010 g/mol. The van der Waals surface area contributed by atoms with E-state index in [0.717, 1.165) is 276 Å². The monoisotopic (exact) mass is 2010 g/mol. The van der Waals surface area contributed by atoms with Gasteiger partial charge in [0.15, 0.2) is 0 Å². The minimum absolute atomic E-state index is 0.0388. The molecule has 5 aliphatic carbocycles. The number of anilines is 5. The molecule has 0 bridgehead atoms. The smallest absolute Gasteiger partial charge is 0.298 e. The van der Waals surface area contributed by atoms with Gasteiger partial charge in [-0.3, -0.25) is 24.0 Å². The zero-order valence-corrected chi connectivity index (χ0v) is 86.2. The molecule has 8 aromatic heterocycles. The van der Waals surface area contributed by atoms with Gasteiger partial charge in [-0.05, 0) is 354 Å². The lowest BCUT2D eigenvalue weighted by atomic mass is 9.90. The third-order valence-electron chi connectivity index (χ3n) is 31.5. The number of carbonyl (C=O) groups is 5. The van der Waals surface area contributed by atoms with Gasteiger partial charge in [-0.15, -0.1) is 34.0 Å². The molecule has 9 unspecified atom stereocenters. The Labute approximate surface area is 873 Å². The number of aromatic nitrogens is 5. The summed E-state index contributed by atoms with van der Waals surface area (Å²) in [5.41, 5.74) is 24.1. The Morgan fingerprint density at radius 3 is 1.18 bits per heavy atom. The fourth-order valence-electron chi connectivity index (χ4n) is 23.7. The lowest BCUT2D eigenvalue weighted by molar-refractivity contribution is -0.126. The molecule has 10 aliphatic heterocycles. The van der Waals surface area contributed by atoms with Crippen LogP contribution in [-0.4, -0.2) is 157 Å². The average Bonchev–Trinajstić information content (AvgIpc) is 1.61. The van der Waals surface area contributed by atoms with Gasteiger partial charge in [0.1, 0.15) is 34.8 Å². The molecule has 10 aromatic rings. The lowest BCUT2D eigenvalue weighted by Crippen LogP contribution is -2.31. The second-order valence-electron chi connectivity index (χ2n) is 41.9. The Morgan fingerprint density at radius 2 is 0.769 bits per heavy atom. The number of nitrogens with one attached hydrogen (secondary N) is 5. The van der Waals surface area contributed by atoms with Crippen molar-refractivity contribution in [2.75, 3.05) is 99.1 Å². The van der Waals surface area contributed by atoms with E-state index in [9.17, 15) is 29.1 Å². The van der Waals surface area contributed by atoms with E-state index in [2.05, 4.69) is 212 Å². The topological polar surface area (TPSA) is 256 Å². The van der Waals surface area contributed by atoms with Crippen LogP contribution in [-0.2, 0) is 61.7 Å². The number of thiophene rings is 3. The number of allylic oxidation sites excluding steroid dienone is 9. The maximum atomic E-state index is 12.7. The molecule has 18 heterocycles. The Kier molecular flexibility index (Phi) is 29.1. The molecule has 748 valence electrons. The molecule has 0 radical (unpaired) electrons. The standard InChI is InChI=1S/C25H27N3O2.C25H23N3O.C24H25N3O2S.2C24H25N3OS/c1-17-7-9-19-11-18(14-26-24(19)27-17)8-10-23(29)28-15-20-12-25(30,13-21(20)16-28)22-5-3-2-4-6-22;1-17-7-9-20-11-18(14-26-25(20)27-17)8-10-24(29)28-15-22-12-21(13-23(22)16-28)19-5-3-2-4-6-19;1-15-3-5-17-9-16(12-25-24(17)26-15)4-6-22(28)27-13-19-10-18(11-20(19)14-27)23-21(29-2)7-8-30-23;1-15-3-6-18-9-17(12-25-24(18)26-15)5-8-23(28)27-13-20-10-19(11-21(20)14-27)22-7-4-16(2)29-22;1-15-7-8-29-23(15)19-10-20-13-27(14-21(20)11-19)22(28)6-4-17-9-18-5-3-16(2)26-24(18)25-12-17/h2-6,8,10-11,14,20-21,30H,1,7,9,12-13,15-16H2,(H,26,27);2-6,11-12,14,22-23H,1,7,9,13,15-16H2,(H,26,27);4,6-10,12,19-20H,1,3,5,11,13-14H2,2H3,(H,25,26);4-5,7-10,12,20-21H,1,3,6,11,13-14H2,2H3,(H,25,26);4,6-10,12,20-21H,2-3,5,11,13-14H2,1H3,(H,25,26)/b10-8+;;6-4+;8-5+;6-4+/t20-,21+,25?;;;;. The number of carbonyl (C=O) groups excluding carboxylic acids is 5. The lowest BCUT2D eigenvalue weighted by Gasteiger charge is -2.26. The first-order chi connectivity index (χ1) is 71.4. The van der Waals surface area contributed by atoms with E-state index in [1.54, 1.807) is 61.3 Å². The van der Waals surface area contributed by atoms with Crippen LogP contribution in [0.5, 0.6) is 5.75 Å². The Bertz CT molecular complexity index is 7200. The molecular formula is C122H125N15O7S3. The SMILES string of the molecule is C=C1CCc2cc(/C=C/C(=O)N3CC4C=C(c5ccc(C)s5)CC4C3)cnc2N1.C=C1CCc2cc(/C=C/C(=O)N3CC4C=C(c5sccc5C)CC4C3)cnc2N1.C=C1CCc2cc(/C=C/C(=O)N3CC4C=C(c5sccc5OC)CC4C3)cnc2N1.C=C1CCc2cc(/C=C/C(=O)N3C[C@@H]4CC(O)(c5ccccc5)C[C@@H]4C3)cnc2N1.C=C1CCc2cc(C#CC(=O)N3CC4C=C(c5ccccc5)CC4C3)cnc2N1. The molecule has 5 saturated heterocycles. The fourth-order valence-corrected chi connectivity index (χ4v) is 26.5. The van der Waals surface area contributed by atoms with Crippen molar-refractivity contribution in [3.63, 3.8) is 0 Å². The molecule has 5 amide bonds. The Hall–Kier alpha value is -14.4. The van der Waals surface area contributed by atoms with Crippen molar-refractivity contribution in [2.24, 2.45) is 59.2 Å². The second kappa shape index (κ2) is 43.3. The maximum Gasteiger partial charge on any atom is 0.298 e. The van der Waals surface area contributed by atoms with Crippen LogP contribution in [0.1, 0.15) is 162 Å². The number of fused-ring (bicyclic) bond motifs is 10. The predicted molar refractivity (Wildman–Crippen MR) is 593 cm³/mol. The summed E-state index contributed by atoms with van der Waals surface area (Å²) in [5, 5.41) is 31.5. The molecular weight excluding hydrogens is 1880 g/mol. The summed E-state index contributed by atoms with van der Waals surface area (Å²) in [4.78, 5) is 101. The zero-order chi connectivity index (χ0) is 101. The molecule has 6 N–H and O–H groups in total. The van der Waals surface area contributed by atoms with E-state index in [4.69, 9.17) is 4.74 Å². The normalized spacial score (nSPS) is 23.8. The van der Waals surface area contributed by atoms with Gasteiger partial charge in [-0.2, -0.15) is 0 Å². The van der Waals surface area contributed by atoms with Crippen LogP contribution in [0, 0.1) is 84.9 Å². The van der Waals surface area contributed by atoms with Crippen molar-refractivity contribution in [3.8, 4) is 17.6 Å². The number of likely N-dealkylation sites (tertiary alicyclic amines) is 5. The quantitative estimate of drug-likeness (QED) is 0.0437.